The number of amides is 1. The quantitative estimate of drug-likeness (QED) is 0.651. The second kappa shape index (κ2) is 8.24. The van der Waals surface area contributed by atoms with Gasteiger partial charge in [0.15, 0.2) is 5.65 Å². The largest absolute Gasteiger partial charge is 0.449 e. The summed E-state index contributed by atoms with van der Waals surface area (Å²) < 4.78 is 7.09. The van der Waals surface area contributed by atoms with Gasteiger partial charge in [0.25, 0.3) is 0 Å². The molecule has 3 aromatic rings. The maximum Gasteiger partial charge on any atom is 0.409 e. The number of nitrogens with zero attached hydrogens (tertiary/aromatic N) is 6. The van der Waals surface area contributed by atoms with Gasteiger partial charge in [0, 0.05) is 31.2 Å². The first-order valence-electron chi connectivity index (χ1n) is 9.64. The summed E-state index contributed by atoms with van der Waals surface area (Å²) >= 11 is 6.12. The molecule has 0 N–H and O–H groups in total. The van der Waals surface area contributed by atoms with E-state index in [0.717, 1.165) is 22.5 Å². The van der Waals surface area contributed by atoms with Gasteiger partial charge in [-0.05, 0) is 24.1 Å². The fourth-order valence-corrected chi connectivity index (χ4v) is 3.50. The zero-order valence-electron chi connectivity index (χ0n) is 16.5. The van der Waals surface area contributed by atoms with Crippen molar-refractivity contribution in [2.24, 2.45) is 5.92 Å². The predicted octanol–water partition coefficient (Wildman–Crippen LogP) is 3.38. The van der Waals surface area contributed by atoms with Gasteiger partial charge in [-0.3, -0.25) is 0 Å². The second-order valence-electron chi connectivity index (χ2n) is 7.42. The molecule has 0 aliphatic carbocycles. The van der Waals surface area contributed by atoms with Crippen molar-refractivity contribution in [1.82, 2.24) is 24.6 Å². The van der Waals surface area contributed by atoms with E-state index in [1.54, 1.807) is 22.1 Å². The highest BCUT2D eigenvalue weighted by atomic mass is 35.5. The van der Waals surface area contributed by atoms with E-state index in [0.29, 0.717) is 43.7 Å². The van der Waals surface area contributed by atoms with Crippen molar-refractivity contribution in [2.45, 2.75) is 13.8 Å². The Kier molecular flexibility index (Phi) is 5.53. The molecule has 152 valence electrons. The number of anilines is 1. The molecule has 2 aromatic heterocycles. The smallest absolute Gasteiger partial charge is 0.409 e. The van der Waals surface area contributed by atoms with Crippen LogP contribution in [0.5, 0.6) is 0 Å². The van der Waals surface area contributed by atoms with Crippen molar-refractivity contribution >= 4 is 34.5 Å². The first kappa shape index (κ1) is 19.4. The number of carbonyl (C=O) groups excluding carboxylic acids is 1. The Morgan fingerprint density at radius 1 is 1.21 bits per heavy atom. The van der Waals surface area contributed by atoms with Crippen LogP contribution in [0.15, 0.2) is 36.8 Å². The number of rotatable bonds is 4. The average Bonchev–Trinajstić information content (AvgIpc) is 3.16. The molecular formula is C20H23ClN6O2. The lowest BCUT2D eigenvalue weighted by Crippen LogP contribution is -2.49. The Bertz CT molecular complexity index is 1010. The number of hydrogen-bond acceptors (Lipinski definition) is 6. The summed E-state index contributed by atoms with van der Waals surface area (Å²) in [5.74, 6) is 1.14. The van der Waals surface area contributed by atoms with Crippen molar-refractivity contribution in [3.05, 3.63) is 41.8 Å². The third-order valence-electron chi connectivity index (χ3n) is 4.78. The van der Waals surface area contributed by atoms with E-state index in [-0.39, 0.29) is 6.09 Å². The lowest BCUT2D eigenvalue weighted by molar-refractivity contribution is 0.0901. The molecule has 4 rings (SSSR count). The normalized spacial score (nSPS) is 14.6. The van der Waals surface area contributed by atoms with Crippen LogP contribution in [-0.2, 0) is 4.74 Å². The number of fused-ring (bicyclic) bond motifs is 1. The molecule has 8 nitrogen and oxygen atoms in total. The highest BCUT2D eigenvalue weighted by Gasteiger charge is 2.25. The molecule has 1 aliphatic heterocycles. The molecule has 0 atom stereocenters. The summed E-state index contributed by atoms with van der Waals surface area (Å²) in [6.07, 6.45) is 3.07. The highest BCUT2D eigenvalue weighted by molar-refractivity contribution is 6.30. The minimum Gasteiger partial charge on any atom is -0.449 e. The van der Waals surface area contributed by atoms with Crippen LogP contribution in [0.3, 0.4) is 0 Å². The first-order chi connectivity index (χ1) is 14.0. The van der Waals surface area contributed by atoms with Crippen LogP contribution >= 0.6 is 11.6 Å². The Labute approximate surface area is 174 Å². The van der Waals surface area contributed by atoms with E-state index < -0.39 is 0 Å². The molecule has 1 fully saturated rings. The number of aromatic nitrogens is 4. The Hall–Kier alpha value is -2.87. The van der Waals surface area contributed by atoms with E-state index in [9.17, 15) is 4.79 Å². The summed E-state index contributed by atoms with van der Waals surface area (Å²) in [5, 5.41) is 5.99. The fraction of sp³-hybridized carbons (Fsp3) is 0.400. The van der Waals surface area contributed by atoms with Crippen molar-refractivity contribution < 1.29 is 9.53 Å². The van der Waals surface area contributed by atoms with Crippen molar-refractivity contribution in [1.29, 1.82) is 0 Å². The van der Waals surface area contributed by atoms with Crippen LogP contribution in [0.4, 0.5) is 10.6 Å². The molecule has 9 heteroatoms. The molecule has 1 aliphatic rings. The molecule has 1 aromatic carbocycles. The molecule has 0 saturated carbocycles. The number of piperazine rings is 1. The topological polar surface area (TPSA) is 76.4 Å². The summed E-state index contributed by atoms with van der Waals surface area (Å²) in [7, 11) is 0. The predicted molar refractivity (Wildman–Crippen MR) is 112 cm³/mol. The molecule has 29 heavy (non-hydrogen) atoms. The van der Waals surface area contributed by atoms with Crippen LogP contribution in [0.1, 0.15) is 13.8 Å². The minimum absolute atomic E-state index is 0.250. The fourth-order valence-electron chi connectivity index (χ4n) is 3.31. The van der Waals surface area contributed by atoms with Crippen LogP contribution in [0.2, 0.25) is 5.02 Å². The zero-order chi connectivity index (χ0) is 20.4. The Morgan fingerprint density at radius 3 is 2.72 bits per heavy atom. The van der Waals surface area contributed by atoms with E-state index in [4.69, 9.17) is 16.3 Å². The molecule has 1 saturated heterocycles. The standard InChI is InChI=1S/C20H23ClN6O2/c1-14(2)12-29-20(28)26-8-6-25(7-9-26)18-17-11-24-27(19(17)23-13-22-18)16-5-3-4-15(21)10-16/h3-5,10-11,13-14H,6-9,12H2,1-2H3. The van der Waals surface area contributed by atoms with Gasteiger partial charge < -0.3 is 14.5 Å². The van der Waals surface area contributed by atoms with E-state index in [2.05, 4.69) is 20.0 Å². The third kappa shape index (κ3) is 4.12. The Balaban J connectivity index is 1.52. The molecule has 0 radical (unpaired) electrons. The lowest BCUT2D eigenvalue weighted by Gasteiger charge is -2.35. The van der Waals surface area contributed by atoms with Crippen molar-refractivity contribution in [3.63, 3.8) is 0 Å². The van der Waals surface area contributed by atoms with Crippen LogP contribution < -0.4 is 4.90 Å². The average molecular weight is 415 g/mol. The SMILES string of the molecule is CC(C)COC(=O)N1CCN(c2ncnc3c2cnn3-c2cccc(Cl)c2)CC1. The van der Waals surface area contributed by atoms with Gasteiger partial charge >= 0.3 is 6.09 Å². The summed E-state index contributed by atoms with van der Waals surface area (Å²) in [6.45, 7) is 7.00. The van der Waals surface area contributed by atoms with Gasteiger partial charge in [-0.2, -0.15) is 5.10 Å². The molecule has 1 amide bonds. The second-order valence-corrected chi connectivity index (χ2v) is 7.85. The van der Waals surface area contributed by atoms with Gasteiger partial charge in [0.2, 0.25) is 0 Å². The van der Waals surface area contributed by atoms with E-state index in [1.165, 1.54) is 0 Å². The van der Waals surface area contributed by atoms with E-state index >= 15 is 0 Å². The number of hydrogen-bond donors (Lipinski definition) is 0. The lowest BCUT2D eigenvalue weighted by atomic mass is 10.2. The highest BCUT2D eigenvalue weighted by Crippen LogP contribution is 2.26. The molecule has 0 bridgehead atoms. The van der Waals surface area contributed by atoms with Crippen molar-refractivity contribution in [3.8, 4) is 5.69 Å². The van der Waals surface area contributed by atoms with Gasteiger partial charge in [0.1, 0.15) is 12.1 Å². The monoisotopic (exact) mass is 414 g/mol. The van der Waals surface area contributed by atoms with Gasteiger partial charge in [0.05, 0.1) is 23.9 Å². The van der Waals surface area contributed by atoms with Gasteiger partial charge in [-0.15, -0.1) is 0 Å². The first-order valence-corrected chi connectivity index (χ1v) is 10.0. The number of carbonyl (C=O) groups is 1. The summed E-state index contributed by atoms with van der Waals surface area (Å²) in [4.78, 5) is 25.0. The number of halogens is 1. The summed E-state index contributed by atoms with van der Waals surface area (Å²) in [5.41, 5.74) is 1.56. The van der Waals surface area contributed by atoms with E-state index in [1.807, 2.05) is 38.1 Å². The Morgan fingerprint density at radius 2 is 2.00 bits per heavy atom. The zero-order valence-corrected chi connectivity index (χ0v) is 17.2. The van der Waals surface area contributed by atoms with Gasteiger partial charge in [-0.1, -0.05) is 31.5 Å². The molecule has 0 unspecified atom stereocenters. The maximum atomic E-state index is 12.2. The van der Waals surface area contributed by atoms with Gasteiger partial charge in [-0.25, -0.2) is 19.4 Å². The molecule has 0 spiro atoms. The number of ether oxygens (including phenoxy) is 1. The molecule has 3 heterocycles. The van der Waals surface area contributed by atoms with Crippen LogP contribution in [0, 0.1) is 5.92 Å². The molecular weight excluding hydrogens is 392 g/mol. The maximum absolute atomic E-state index is 12.2. The summed E-state index contributed by atoms with van der Waals surface area (Å²) in [6, 6.07) is 7.48. The van der Waals surface area contributed by atoms with Crippen LogP contribution in [-0.4, -0.2) is 63.5 Å². The van der Waals surface area contributed by atoms with Crippen molar-refractivity contribution in [2.75, 3.05) is 37.7 Å². The minimum atomic E-state index is -0.250. The third-order valence-corrected chi connectivity index (χ3v) is 5.01. The van der Waals surface area contributed by atoms with Crippen LogP contribution in [0.25, 0.3) is 16.7 Å². The number of benzene rings is 1.